The molecule has 2 aromatic rings. The minimum atomic E-state index is -3.82. The molecule has 1 aromatic carbocycles. The molecule has 2 N–H and O–H groups in total. The van der Waals surface area contributed by atoms with Crippen LogP contribution >= 0.6 is 0 Å². The van der Waals surface area contributed by atoms with Crippen molar-refractivity contribution in [3.8, 4) is 0 Å². The van der Waals surface area contributed by atoms with Gasteiger partial charge in [-0.15, -0.1) is 0 Å². The second-order valence-electron chi connectivity index (χ2n) is 9.60. The van der Waals surface area contributed by atoms with E-state index in [0.29, 0.717) is 18.2 Å². The molecule has 172 valence electrons. The summed E-state index contributed by atoms with van der Waals surface area (Å²) in [6, 6.07) is 8.07. The molecule has 32 heavy (non-hydrogen) atoms. The third-order valence-corrected chi connectivity index (χ3v) is 7.83. The molecule has 2 aliphatic rings. The molecular weight excluding hydrogens is 428 g/mol. The quantitative estimate of drug-likeness (QED) is 0.734. The lowest BCUT2D eigenvalue weighted by Crippen LogP contribution is -2.45. The lowest BCUT2D eigenvalue weighted by Gasteiger charge is -2.35. The van der Waals surface area contributed by atoms with Gasteiger partial charge in [-0.2, -0.15) is 0 Å². The highest BCUT2D eigenvalue weighted by atomic mass is 32.2. The number of piperidine rings is 1. The fourth-order valence-corrected chi connectivity index (χ4v) is 5.76. The molecule has 2 amide bonds. The standard InChI is InChI=1S/C23H30N4O4S/c1-23(2,3)22(29)26-11-8-16(9-12-26)14-24-15-17-6-7-20-18(13-17)25-21(28)19-5-4-10-27(19)32(20,30)31/h4-7,10,13,16,24H,8-9,11-12,14-15H2,1-3H3,(H,25,28). The number of aromatic nitrogens is 1. The highest BCUT2D eigenvalue weighted by Gasteiger charge is 2.31. The van der Waals surface area contributed by atoms with E-state index in [0.717, 1.165) is 42.0 Å². The molecule has 0 spiro atoms. The molecule has 0 unspecified atom stereocenters. The van der Waals surface area contributed by atoms with Crippen LogP contribution in [-0.2, 0) is 21.4 Å². The zero-order chi connectivity index (χ0) is 23.1. The molecule has 0 radical (unpaired) electrons. The molecule has 0 saturated carbocycles. The van der Waals surface area contributed by atoms with E-state index < -0.39 is 15.9 Å². The summed E-state index contributed by atoms with van der Waals surface area (Å²) in [5, 5.41) is 6.17. The number of hydrogen-bond donors (Lipinski definition) is 2. The van der Waals surface area contributed by atoms with Crippen molar-refractivity contribution in [2.75, 3.05) is 25.0 Å². The Morgan fingerprint density at radius 1 is 1.19 bits per heavy atom. The largest absolute Gasteiger partial charge is 0.342 e. The van der Waals surface area contributed by atoms with Crippen molar-refractivity contribution >= 4 is 27.5 Å². The molecule has 0 atom stereocenters. The lowest BCUT2D eigenvalue weighted by atomic mass is 9.91. The van der Waals surface area contributed by atoms with Gasteiger partial charge in [0.1, 0.15) is 10.6 Å². The van der Waals surface area contributed by atoms with E-state index in [9.17, 15) is 18.0 Å². The Morgan fingerprint density at radius 2 is 1.91 bits per heavy atom. The molecule has 1 aromatic heterocycles. The van der Waals surface area contributed by atoms with Gasteiger partial charge in [-0.1, -0.05) is 26.8 Å². The first-order valence-corrected chi connectivity index (χ1v) is 12.4. The summed E-state index contributed by atoms with van der Waals surface area (Å²) in [5.41, 5.74) is 0.942. The molecule has 2 aliphatic heterocycles. The van der Waals surface area contributed by atoms with Gasteiger partial charge in [0.05, 0.1) is 5.69 Å². The predicted molar refractivity (Wildman–Crippen MR) is 122 cm³/mol. The molecule has 9 heteroatoms. The van der Waals surface area contributed by atoms with Crippen molar-refractivity contribution < 1.29 is 18.0 Å². The van der Waals surface area contributed by atoms with Gasteiger partial charge in [0, 0.05) is 31.2 Å². The van der Waals surface area contributed by atoms with Gasteiger partial charge < -0.3 is 15.5 Å². The molecule has 4 rings (SSSR count). The number of rotatable bonds is 4. The van der Waals surface area contributed by atoms with Crippen LogP contribution in [0.1, 0.15) is 49.7 Å². The van der Waals surface area contributed by atoms with Gasteiger partial charge in [-0.3, -0.25) is 9.59 Å². The first-order chi connectivity index (χ1) is 15.1. The normalized spacial score (nSPS) is 18.5. The number of carbonyl (C=O) groups is 2. The van der Waals surface area contributed by atoms with Gasteiger partial charge >= 0.3 is 0 Å². The molecule has 0 aliphatic carbocycles. The Hall–Kier alpha value is -2.65. The average Bonchev–Trinajstić information content (AvgIpc) is 3.22. The van der Waals surface area contributed by atoms with Gasteiger partial charge in [0.2, 0.25) is 5.91 Å². The molecule has 3 heterocycles. The number of likely N-dealkylation sites (tertiary alicyclic amines) is 1. The summed E-state index contributed by atoms with van der Waals surface area (Å²) in [4.78, 5) is 26.9. The van der Waals surface area contributed by atoms with Crippen LogP contribution in [0, 0.1) is 11.3 Å². The van der Waals surface area contributed by atoms with E-state index in [-0.39, 0.29) is 21.9 Å². The van der Waals surface area contributed by atoms with Crippen LogP contribution in [0.3, 0.4) is 0 Å². The average molecular weight is 459 g/mol. The molecule has 1 fully saturated rings. The Kier molecular flexibility index (Phi) is 5.89. The second-order valence-corrected chi connectivity index (χ2v) is 11.4. The maximum absolute atomic E-state index is 12.9. The summed E-state index contributed by atoms with van der Waals surface area (Å²) in [7, 11) is -3.82. The minimum Gasteiger partial charge on any atom is -0.342 e. The van der Waals surface area contributed by atoms with Crippen LogP contribution in [0.5, 0.6) is 0 Å². The zero-order valence-corrected chi connectivity index (χ0v) is 19.5. The summed E-state index contributed by atoms with van der Waals surface area (Å²) in [5.74, 6) is 0.252. The topological polar surface area (TPSA) is 101 Å². The third-order valence-electron chi connectivity index (χ3n) is 6.08. The lowest BCUT2D eigenvalue weighted by molar-refractivity contribution is -0.140. The van der Waals surface area contributed by atoms with Crippen molar-refractivity contribution in [2.24, 2.45) is 11.3 Å². The van der Waals surface area contributed by atoms with Gasteiger partial charge in [-0.05, 0) is 55.1 Å². The monoisotopic (exact) mass is 458 g/mol. The van der Waals surface area contributed by atoms with Crippen LogP contribution in [0.4, 0.5) is 5.69 Å². The van der Waals surface area contributed by atoms with E-state index in [4.69, 9.17) is 0 Å². The van der Waals surface area contributed by atoms with Crippen LogP contribution < -0.4 is 10.6 Å². The van der Waals surface area contributed by atoms with E-state index in [1.807, 2.05) is 25.7 Å². The van der Waals surface area contributed by atoms with Crippen LogP contribution in [0.2, 0.25) is 0 Å². The first-order valence-electron chi connectivity index (χ1n) is 10.9. The number of benzene rings is 1. The zero-order valence-electron chi connectivity index (χ0n) is 18.7. The summed E-state index contributed by atoms with van der Waals surface area (Å²) < 4.78 is 26.9. The minimum absolute atomic E-state index is 0.0837. The smallest absolute Gasteiger partial charge is 0.273 e. The fraction of sp³-hybridized carbons (Fsp3) is 0.478. The van der Waals surface area contributed by atoms with Gasteiger partial charge in [-0.25, -0.2) is 12.4 Å². The Balaban J connectivity index is 1.36. The van der Waals surface area contributed by atoms with Crippen molar-refractivity contribution in [2.45, 2.75) is 45.1 Å². The Labute approximate surface area is 189 Å². The number of fused-ring (bicyclic) bond motifs is 2. The van der Waals surface area contributed by atoms with Crippen molar-refractivity contribution in [3.63, 3.8) is 0 Å². The number of anilines is 1. The summed E-state index contributed by atoms with van der Waals surface area (Å²) >= 11 is 0. The van der Waals surface area contributed by atoms with E-state index in [1.165, 1.54) is 12.3 Å². The summed E-state index contributed by atoms with van der Waals surface area (Å²) in [6.45, 7) is 8.82. The third kappa shape index (κ3) is 4.31. The van der Waals surface area contributed by atoms with Gasteiger partial charge in [0.15, 0.2) is 0 Å². The predicted octanol–water partition coefficient (Wildman–Crippen LogP) is 2.67. The highest BCUT2D eigenvalue weighted by Crippen LogP contribution is 2.30. The number of amides is 2. The van der Waals surface area contributed by atoms with Crippen LogP contribution in [-0.4, -0.2) is 48.7 Å². The van der Waals surface area contributed by atoms with Crippen molar-refractivity contribution in [1.29, 1.82) is 0 Å². The van der Waals surface area contributed by atoms with Crippen molar-refractivity contribution in [1.82, 2.24) is 14.2 Å². The second kappa shape index (κ2) is 8.37. The molecule has 8 nitrogen and oxygen atoms in total. The van der Waals surface area contributed by atoms with E-state index >= 15 is 0 Å². The first kappa shape index (κ1) is 22.5. The molecular formula is C23H30N4O4S. The van der Waals surface area contributed by atoms with Gasteiger partial charge in [0.25, 0.3) is 15.9 Å². The maximum Gasteiger partial charge on any atom is 0.273 e. The van der Waals surface area contributed by atoms with Crippen molar-refractivity contribution in [3.05, 3.63) is 47.8 Å². The fourth-order valence-electron chi connectivity index (χ4n) is 4.29. The molecule has 1 saturated heterocycles. The Morgan fingerprint density at radius 3 is 2.59 bits per heavy atom. The highest BCUT2D eigenvalue weighted by molar-refractivity contribution is 7.90. The SMILES string of the molecule is CC(C)(C)C(=O)N1CCC(CNCc2ccc3c(c2)NC(=O)c2cccn2S3(=O)=O)CC1. The maximum atomic E-state index is 12.9. The number of nitrogens with one attached hydrogen (secondary N) is 2. The number of nitrogens with zero attached hydrogens (tertiary/aromatic N) is 2. The van der Waals surface area contributed by atoms with Crippen LogP contribution in [0.25, 0.3) is 0 Å². The van der Waals surface area contributed by atoms with E-state index in [2.05, 4.69) is 10.6 Å². The Bertz CT molecular complexity index is 1140. The number of carbonyl (C=O) groups excluding carboxylic acids is 2. The molecule has 0 bridgehead atoms. The van der Waals surface area contributed by atoms with E-state index in [1.54, 1.807) is 24.3 Å². The summed E-state index contributed by atoms with van der Waals surface area (Å²) in [6.07, 6.45) is 3.31. The van der Waals surface area contributed by atoms with Crippen LogP contribution in [0.15, 0.2) is 41.4 Å². The number of hydrogen-bond acceptors (Lipinski definition) is 5.